The van der Waals surface area contributed by atoms with Gasteiger partial charge in [0.1, 0.15) is 0 Å². The first-order chi connectivity index (χ1) is 8.60. The van der Waals surface area contributed by atoms with Gasteiger partial charge < -0.3 is 5.32 Å². The first-order valence-electron chi connectivity index (χ1n) is 5.87. The van der Waals surface area contributed by atoms with Gasteiger partial charge in [0.25, 0.3) is 0 Å². The number of thiophene rings is 1. The standard InChI is InChI=1S/C14H15BrClNS/c1-3-10-4-5-11(18-10)8-17-14-7-13(16)9(2)6-12(14)15/h4-7,17H,3,8H2,1-2H3. The van der Waals surface area contributed by atoms with Crippen LogP contribution in [0.5, 0.6) is 0 Å². The minimum absolute atomic E-state index is 0.793. The van der Waals surface area contributed by atoms with E-state index in [4.69, 9.17) is 11.6 Å². The molecule has 0 atom stereocenters. The van der Waals surface area contributed by atoms with Crippen LogP contribution in [0.3, 0.4) is 0 Å². The number of hydrogen-bond donors (Lipinski definition) is 1. The van der Waals surface area contributed by atoms with Gasteiger partial charge in [-0.2, -0.15) is 0 Å². The smallest absolute Gasteiger partial charge is 0.0502 e. The summed E-state index contributed by atoms with van der Waals surface area (Å²) in [7, 11) is 0. The van der Waals surface area contributed by atoms with E-state index >= 15 is 0 Å². The highest BCUT2D eigenvalue weighted by molar-refractivity contribution is 9.10. The summed E-state index contributed by atoms with van der Waals surface area (Å²) in [6, 6.07) is 8.38. The van der Waals surface area contributed by atoms with Crippen LogP contribution in [0.2, 0.25) is 5.02 Å². The van der Waals surface area contributed by atoms with E-state index < -0.39 is 0 Å². The zero-order chi connectivity index (χ0) is 13.1. The molecule has 4 heteroatoms. The predicted octanol–water partition coefficient (Wildman–Crippen LogP) is 5.65. The zero-order valence-electron chi connectivity index (χ0n) is 10.4. The van der Waals surface area contributed by atoms with Crippen molar-refractivity contribution in [1.82, 2.24) is 0 Å². The van der Waals surface area contributed by atoms with Gasteiger partial charge in [0, 0.05) is 25.8 Å². The van der Waals surface area contributed by atoms with E-state index in [0.717, 1.165) is 33.7 Å². The van der Waals surface area contributed by atoms with Crippen LogP contribution in [0.4, 0.5) is 5.69 Å². The van der Waals surface area contributed by atoms with Gasteiger partial charge in [-0.25, -0.2) is 0 Å². The van der Waals surface area contributed by atoms with Crippen molar-refractivity contribution in [3.8, 4) is 0 Å². The van der Waals surface area contributed by atoms with Gasteiger partial charge in [-0.05, 0) is 59.1 Å². The fourth-order valence-electron chi connectivity index (χ4n) is 1.67. The van der Waals surface area contributed by atoms with Crippen molar-refractivity contribution < 1.29 is 0 Å². The summed E-state index contributed by atoms with van der Waals surface area (Å²) in [5.74, 6) is 0. The summed E-state index contributed by atoms with van der Waals surface area (Å²) < 4.78 is 1.05. The van der Waals surface area contributed by atoms with Gasteiger partial charge in [-0.3, -0.25) is 0 Å². The highest BCUT2D eigenvalue weighted by Crippen LogP contribution is 2.30. The van der Waals surface area contributed by atoms with Gasteiger partial charge in [-0.15, -0.1) is 11.3 Å². The first kappa shape index (κ1) is 13.9. The molecule has 1 heterocycles. The fourth-order valence-corrected chi connectivity index (χ4v) is 3.33. The third-order valence-corrected chi connectivity index (χ3v) is 5.06. The van der Waals surface area contributed by atoms with Gasteiger partial charge in [-0.1, -0.05) is 18.5 Å². The molecule has 1 N–H and O–H groups in total. The molecule has 0 saturated heterocycles. The van der Waals surface area contributed by atoms with E-state index in [2.05, 4.69) is 40.3 Å². The number of rotatable bonds is 4. The average Bonchev–Trinajstić information content (AvgIpc) is 2.80. The molecule has 0 unspecified atom stereocenters. The van der Waals surface area contributed by atoms with Crippen LogP contribution < -0.4 is 5.32 Å². The average molecular weight is 345 g/mol. The van der Waals surface area contributed by atoms with Crippen LogP contribution >= 0.6 is 38.9 Å². The van der Waals surface area contributed by atoms with Crippen molar-refractivity contribution in [1.29, 1.82) is 0 Å². The quantitative estimate of drug-likeness (QED) is 0.756. The molecular weight excluding hydrogens is 330 g/mol. The van der Waals surface area contributed by atoms with Crippen LogP contribution in [-0.4, -0.2) is 0 Å². The van der Waals surface area contributed by atoms with Crippen LogP contribution in [0.1, 0.15) is 22.2 Å². The molecule has 0 fully saturated rings. The maximum atomic E-state index is 6.14. The molecule has 0 saturated carbocycles. The summed E-state index contributed by atoms with van der Waals surface area (Å²) in [5, 5.41) is 4.21. The Morgan fingerprint density at radius 2 is 2.00 bits per heavy atom. The van der Waals surface area contributed by atoms with Gasteiger partial charge in [0.15, 0.2) is 0 Å². The highest BCUT2D eigenvalue weighted by atomic mass is 79.9. The molecule has 0 aliphatic rings. The molecule has 1 aromatic heterocycles. The van der Waals surface area contributed by atoms with Gasteiger partial charge >= 0.3 is 0 Å². The Bertz CT molecular complexity index is 551. The van der Waals surface area contributed by atoms with Gasteiger partial charge in [0.2, 0.25) is 0 Å². The van der Waals surface area contributed by atoms with Crippen molar-refractivity contribution in [3.05, 3.63) is 49.1 Å². The highest BCUT2D eigenvalue weighted by Gasteiger charge is 2.05. The van der Waals surface area contributed by atoms with Gasteiger partial charge in [0.05, 0.1) is 5.69 Å². The predicted molar refractivity (Wildman–Crippen MR) is 84.9 cm³/mol. The molecule has 0 spiro atoms. The maximum Gasteiger partial charge on any atom is 0.0502 e. The number of anilines is 1. The summed E-state index contributed by atoms with van der Waals surface area (Å²) in [6.07, 6.45) is 1.10. The van der Waals surface area contributed by atoms with Crippen molar-refractivity contribution in [2.24, 2.45) is 0 Å². The minimum Gasteiger partial charge on any atom is -0.379 e. The molecule has 1 aromatic carbocycles. The lowest BCUT2D eigenvalue weighted by Crippen LogP contribution is -1.98. The molecule has 0 aliphatic carbocycles. The molecule has 2 aromatic rings. The summed E-state index contributed by atoms with van der Waals surface area (Å²) >= 11 is 11.5. The van der Waals surface area contributed by atoms with Crippen molar-refractivity contribution in [3.63, 3.8) is 0 Å². The SMILES string of the molecule is CCc1ccc(CNc2cc(Cl)c(C)cc2Br)s1. The van der Waals surface area contributed by atoms with Crippen molar-refractivity contribution in [2.75, 3.05) is 5.32 Å². The third kappa shape index (κ3) is 3.28. The second kappa shape index (κ2) is 6.09. The largest absolute Gasteiger partial charge is 0.379 e. The molecule has 1 nitrogen and oxygen atoms in total. The monoisotopic (exact) mass is 343 g/mol. The van der Waals surface area contributed by atoms with Crippen molar-refractivity contribution in [2.45, 2.75) is 26.8 Å². The zero-order valence-corrected chi connectivity index (χ0v) is 13.5. The Labute approximate surface area is 125 Å². The Balaban J connectivity index is 2.08. The summed E-state index contributed by atoms with van der Waals surface area (Å²) in [4.78, 5) is 2.77. The van der Waals surface area contributed by atoms with Crippen LogP contribution in [0.15, 0.2) is 28.7 Å². The van der Waals surface area contributed by atoms with Crippen LogP contribution in [0.25, 0.3) is 0 Å². The Morgan fingerprint density at radius 3 is 2.67 bits per heavy atom. The third-order valence-electron chi connectivity index (χ3n) is 2.77. The Hall–Kier alpha value is -0.510. The maximum absolute atomic E-state index is 6.14. The Kier molecular flexibility index (Phi) is 4.71. The van der Waals surface area contributed by atoms with Crippen LogP contribution in [0, 0.1) is 6.92 Å². The number of hydrogen-bond acceptors (Lipinski definition) is 2. The second-order valence-corrected chi connectivity index (χ2v) is 6.67. The molecular formula is C14H15BrClNS. The first-order valence-corrected chi connectivity index (χ1v) is 7.86. The van der Waals surface area contributed by atoms with E-state index in [1.807, 2.05) is 30.4 Å². The topological polar surface area (TPSA) is 12.0 Å². The summed E-state index contributed by atoms with van der Waals surface area (Å²) in [5.41, 5.74) is 2.12. The summed E-state index contributed by atoms with van der Waals surface area (Å²) in [6.45, 7) is 5.02. The second-order valence-electron chi connectivity index (χ2n) is 4.16. The molecule has 96 valence electrons. The van der Waals surface area contributed by atoms with E-state index in [0.29, 0.717) is 0 Å². The normalized spacial score (nSPS) is 10.7. The molecule has 0 radical (unpaired) electrons. The molecule has 2 rings (SSSR count). The Morgan fingerprint density at radius 1 is 1.28 bits per heavy atom. The molecule has 0 bridgehead atoms. The lowest BCUT2D eigenvalue weighted by Gasteiger charge is -2.09. The molecule has 0 amide bonds. The lowest BCUT2D eigenvalue weighted by atomic mass is 10.2. The van der Waals surface area contributed by atoms with Crippen LogP contribution in [-0.2, 0) is 13.0 Å². The fraction of sp³-hybridized carbons (Fsp3) is 0.286. The lowest BCUT2D eigenvalue weighted by molar-refractivity contribution is 1.18. The number of aryl methyl sites for hydroxylation is 2. The van der Waals surface area contributed by atoms with Crippen molar-refractivity contribution >= 4 is 44.6 Å². The van der Waals surface area contributed by atoms with E-state index in [1.165, 1.54) is 9.75 Å². The number of benzene rings is 1. The molecule has 0 aliphatic heterocycles. The number of halogens is 2. The molecule has 18 heavy (non-hydrogen) atoms. The number of nitrogens with one attached hydrogen (secondary N) is 1. The van der Waals surface area contributed by atoms with E-state index in [1.54, 1.807) is 0 Å². The van der Waals surface area contributed by atoms with E-state index in [9.17, 15) is 0 Å². The van der Waals surface area contributed by atoms with E-state index in [-0.39, 0.29) is 0 Å². The minimum atomic E-state index is 0.793.